The van der Waals surface area contributed by atoms with E-state index < -0.39 is 5.60 Å². The average molecular weight is 328 g/mol. The number of hydrogen-bond acceptors (Lipinski definition) is 4. The molecule has 0 saturated carbocycles. The molecular formula is C15H22ClN3O3. The molecule has 6 nitrogen and oxygen atoms in total. The van der Waals surface area contributed by atoms with Crippen molar-refractivity contribution < 1.29 is 14.6 Å². The minimum absolute atomic E-state index is 0.0231. The van der Waals surface area contributed by atoms with E-state index in [0.29, 0.717) is 43.4 Å². The molecule has 0 radical (unpaired) electrons. The maximum absolute atomic E-state index is 12.5. The molecule has 1 aromatic heterocycles. The van der Waals surface area contributed by atoms with E-state index in [2.05, 4.69) is 10.2 Å². The van der Waals surface area contributed by atoms with Crippen LogP contribution in [0.2, 0.25) is 5.02 Å². The first-order valence-corrected chi connectivity index (χ1v) is 8.18. The van der Waals surface area contributed by atoms with Crippen LogP contribution < -0.4 is 0 Å². The van der Waals surface area contributed by atoms with Crippen LogP contribution in [0.4, 0.5) is 0 Å². The normalized spacial score (nSPS) is 30.5. The maximum atomic E-state index is 12.5. The second kappa shape index (κ2) is 6.18. The number of likely N-dealkylation sites (tertiary alicyclic amines) is 1. The van der Waals surface area contributed by atoms with Crippen LogP contribution in [0.5, 0.6) is 0 Å². The second-order valence-corrected chi connectivity index (χ2v) is 6.78. The lowest BCUT2D eigenvalue weighted by Crippen LogP contribution is -2.56. The zero-order chi connectivity index (χ0) is 15.7. The Morgan fingerprint density at radius 3 is 2.86 bits per heavy atom. The van der Waals surface area contributed by atoms with Crippen LogP contribution in [0.25, 0.3) is 0 Å². The molecule has 122 valence electrons. The summed E-state index contributed by atoms with van der Waals surface area (Å²) < 4.78 is 5.39. The van der Waals surface area contributed by atoms with Crippen LogP contribution in [0.3, 0.4) is 0 Å². The molecule has 2 aliphatic rings. The number of carbonyl (C=O) groups excluding carboxylic acids is 1. The van der Waals surface area contributed by atoms with Crippen molar-refractivity contribution in [1.82, 2.24) is 15.1 Å². The molecule has 0 bridgehead atoms. The number of hydrogen-bond donors (Lipinski definition) is 2. The molecule has 2 aliphatic heterocycles. The van der Waals surface area contributed by atoms with Gasteiger partial charge < -0.3 is 14.7 Å². The van der Waals surface area contributed by atoms with Crippen LogP contribution >= 0.6 is 11.6 Å². The van der Waals surface area contributed by atoms with E-state index >= 15 is 0 Å². The van der Waals surface area contributed by atoms with E-state index in [0.717, 1.165) is 12.8 Å². The summed E-state index contributed by atoms with van der Waals surface area (Å²) in [5, 5.41) is 17.9. The first kappa shape index (κ1) is 15.8. The van der Waals surface area contributed by atoms with Crippen molar-refractivity contribution in [3.63, 3.8) is 0 Å². The fraction of sp³-hybridized carbons (Fsp3) is 0.733. The first-order chi connectivity index (χ1) is 10.5. The molecule has 0 spiro atoms. The number of aliphatic hydroxyl groups is 1. The van der Waals surface area contributed by atoms with Gasteiger partial charge in [0, 0.05) is 32.2 Å². The Balaban J connectivity index is 1.69. The summed E-state index contributed by atoms with van der Waals surface area (Å²) in [4.78, 5) is 14.2. The molecule has 2 atom stereocenters. The van der Waals surface area contributed by atoms with Crippen molar-refractivity contribution in [3.8, 4) is 0 Å². The Kier molecular flexibility index (Phi) is 4.43. The Hall–Kier alpha value is -1.11. The number of piperidine rings is 1. The number of nitrogens with one attached hydrogen (secondary N) is 1. The van der Waals surface area contributed by atoms with Gasteiger partial charge in [0.25, 0.3) is 5.91 Å². The molecule has 1 amide bonds. The fourth-order valence-electron chi connectivity index (χ4n) is 3.71. The minimum Gasteiger partial charge on any atom is -0.389 e. The number of aromatic amines is 1. The summed E-state index contributed by atoms with van der Waals surface area (Å²) in [5.41, 5.74) is -0.386. The van der Waals surface area contributed by atoms with Gasteiger partial charge in [-0.15, -0.1) is 0 Å². The standard InChI is InChI=1S/C15H22ClN3O3/c1-10-9-19(14(20)13-12(16)8-17-18-13)5-4-15(10,21)11-2-6-22-7-3-11/h8,10-11,21H,2-7,9H2,1H3,(H,17,18). The van der Waals surface area contributed by atoms with E-state index in [-0.39, 0.29) is 17.7 Å². The van der Waals surface area contributed by atoms with Crippen LogP contribution in [0, 0.1) is 11.8 Å². The third-order valence-corrected chi connectivity index (χ3v) is 5.44. The molecule has 22 heavy (non-hydrogen) atoms. The third-order valence-electron chi connectivity index (χ3n) is 5.15. The molecule has 7 heteroatoms. The first-order valence-electron chi connectivity index (χ1n) is 7.80. The van der Waals surface area contributed by atoms with Crippen molar-refractivity contribution in [1.29, 1.82) is 0 Å². The maximum Gasteiger partial charge on any atom is 0.273 e. The van der Waals surface area contributed by atoms with Crippen LogP contribution in [0.15, 0.2) is 6.20 Å². The van der Waals surface area contributed by atoms with Gasteiger partial charge in [0.2, 0.25) is 0 Å². The van der Waals surface area contributed by atoms with Gasteiger partial charge >= 0.3 is 0 Å². The molecule has 0 aromatic carbocycles. The van der Waals surface area contributed by atoms with Crippen LogP contribution in [0.1, 0.15) is 36.7 Å². The Labute approximate surface area is 134 Å². The van der Waals surface area contributed by atoms with Crippen molar-refractivity contribution in [3.05, 3.63) is 16.9 Å². The van der Waals surface area contributed by atoms with Gasteiger partial charge in [-0.3, -0.25) is 9.89 Å². The van der Waals surface area contributed by atoms with Gasteiger partial charge in [-0.1, -0.05) is 18.5 Å². The van der Waals surface area contributed by atoms with E-state index in [9.17, 15) is 9.90 Å². The number of amides is 1. The number of carbonyl (C=O) groups is 1. The highest BCUT2D eigenvalue weighted by Gasteiger charge is 2.46. The van der Waals surface area contributed by atoms with E-state index in [1.54, 1.807) is 4.90 Å². The predicted molar refractivity (Wildman–Crippen MR) is 81.8 cm³/mol. The third kappa shape index (κ3) is 2.75. The van der Waals surface area contributed by atoms with Gasteiger partial charge in [0.15, 0.2) is 0 Å². The van der Waals surface area contributed by atoms with Crippen molar-refractivity contribution >= 4 is 17.5 Å². The highest BCUT2D eigenvalue weighted by atomic mass is 35.5. The summed E-state index contributed by atoms with van der Waals surface area (Å²) in [6.45, 7) is 4.51. The van der Waals surface area contributed by atoms with Gasteiger partial charge in [-0.05, 0) is 25.2 Å². The minimum atomic E-state index is -0.710. The SMILES string of the molecule is CC1CN(C(=O)c2[nH]ncc2Cl)CCC1(O)C1CCOCC1. The molecule has 3 heterocycles. The number of rotatable bonds is 2. The largest absolute Gasteiger partial charge is 0.389 e. The second-order valence-electron chi connectivity index (χ2n) is 6.37. The Bertz CT molecular complexity index is 544. The van der Waals surface area contributed by atoms with Crippen LogP contribution in [-0.2, 0) is 4.74 Å². The molecule has 0 aliphatic carbocycles. The molecule has 2 unspecified atom stereocenters. The van der Waals surface area contributed by atoms with E-state index in [4.69, 9.17) is 16.3 Å². The number of nitrogens with zero attached hydrogens (tertiary/aromatic N) is 2. The lowest BCUT2D eigenvalue weighted by Gasteiger charge is -2.48. The summed E-state index contributed by atoms with van der Waals surface area (Å²) in [5.74, 6) is 0.127. The number of aromatic nitrogens is 2. The van der Waals surface area contributed by atoms with Crippen LogP contribution in [-0.4, -0.2) is 58.0 Å². The summed E-state index contributed by atoms with van der Waals surface area (Å²) >= 11 is 5.96. The zero-order valence-corrected chi connectivity index (χ0v) is 13.5. The lowest BCUT2D eigenvalue weighted by molar-refractivity contribution is -0.125. The van der Waals surface area contributed by atoms with Gasteiger partial charge in [0.05, 0.1) is 16.8 Å². The van der Waals surface area contributed by atoms with Gasteiger partial charge in [0.1, 0.15) is 5.69 Å². The van der Waals surface area contributed by atoms with Gasteiger partial charge in [-0.2, -0.15) is 5.10 Å². The smallest absolute Gasteiger partial charge is 0.273 e. The van der Waals surface area contributed by atoms with Crippen molar-refractivity contribution in [2.75, 3.05) is 26.3 Å². The average Bonchev–Trinajstić information content (AvgIpc) is 2.96. The Morgan fingerprint density at radius 2 is 2.27 bits per heavy atom. The number of ether oxygens (including phenoxy) is 1. The van der Waals surface area contributed by atoms with Gasteiger partial charge in [-0.25, -0.2) is 0 Å². The monoisotopic (exact) mass is 327 g/mol. The summed E-state index contributed by atoms with van der Waals surface area (Å²) in [6, 6.07) is 0. The number of halogens is 1. The molecule has 2 fully saturated rings. The molecule has 1 aromatic rings. The fourth-order valence-corrected chi connectivity index (χ4v) is 3.88. The van der Waals surface area contributed by atoms with E-state index in [1.165, 1.54) is 6.20 Å². The highest BCUT2D eigenvalue weighted by Crippen LogP contribution is 2.39. The predicted octanol–water partition coefficient (Wildman–Crippen LogP) is 1.70. The summed E-state index contributed by atoms with van der Waals surface area (Å²) in [7, 11) is 0. The Morgan fingerprint density at radius 1 is 1.55 bits per heavy atom. The molecule has 2 saturated heterocycles. The van der Waals surface area contributed by atoms with E-state index in [1.807, 2.05) is 6.92 Å². The quantitative estimate of drug-likeness (QED) is 0.866. The zero-order valence-electron chi connectivity index (χ0n) is 12.7. The van der Waals surface area contributed by atoms with Crippen molar-refractivity contribution in [2.24, 2.45) is 11.8 Å². The number of H-pyrrole nitrogens is 1. The highest BCUT2D eigenvalue weighted by molar-refractivity contribution is 6.33. The molecular weight excluding hydrogens is 306 g/mol. The van der Waals surface area contributed by atoms with Crippen molar-refractivity contribution in [2.45, 2.75) is 31.8 Å². The molecule has 3 rings (SSSR count). The lowest BCUT2D eigenvalue weighted by atomic mass is 9.70. The summed E-state index contributed by atoms with van der Waals surface area (Å²) in [6.07, 6.45) is 3.80. The topological polar surface area (TPSA) is 78.5 Å². The molecule has 2 N–H and O–H groups in total.